The Hall–Kier alpha value is -3.46. The number of rotatable bonds is 3. The second-order valence-electron chi connectivity index (χ2n) is 6.92. The van der Waals surface area contributed by atoms with Crippen molar-refractivity contribution >= 4 is 0 Å². The summed E-state index contributed by atoms with van der Waals surface area (Å²) in [6, 6.07) is 35.4. The Morgan fingerprint density at radius 3 is 2.24 bits per heavy atom. The maximum Gasteiger partial charge on any atom is 0.0379 e. The Bertz CT molecular complexity index is 1310. The minimum Gasteiger partial charge on any atom is -0.305 e. The third-order valence-electron chi connectivity index (χ3n) is 4.67. The van der Waals surface area contributed by atoms with Crippen molar-refractivity contribution in [3.8, 4) is 33.6 Å². The van der Waals surface area contributed by atoms with Crippen molar-refractivity contribution < 1.29 is 28.6 Å². The van der Waals surface area contributed by atoms with Crippen LogP contribution in [0.5, 0.6) is 0 Å². The summed E-state index contributed by atoms with van der Waals surface area (Å²) in [6.45, 7) is -2.15. The summed E-state index contributed by atoms with van der Waals surface area (Å²) in [5, 5.41) is 0. The molecule has 0 fully saturated rings. The molecule has 0 unspecified atom stereocenters. The van der Waals surface area contributed by atoms with Crippen molar-refractivity contribution in [3.63, 3.8) is 0 Å². The summed E-state index contributed by atoms with van der Waals surface area (Å²) >= 11 is 0. The van der Waals surface area contributed by atoms with E-state index in [4.69, 9.17) is 4.11 Å². The van der Waals surface area contributed by atoms with Gasteiger partial charge in [-0.05, 0) is 41.0 Å². The van der Waals surface area contributed by atoms with E-state index in [0.717, 1.165) is 11.3 Å². The molecule has 5 aromatic rings. The minimum atomic E-state index is -2.15. The Labute approximate surface area is 211 Å². The quantitative estimate of drug-likeness (QED) is 0.202. The zero-order valence-electron chi connectivity index (χ0n) is 20.5. The van der Waals surface area contributed by atoms with Gasteiger partial charge < -0.3 is 9.97 Å². The Morgan fingerprint density at radius 1 is 0.758 bits per heavy atom. The van der Waals surface area contributed by atoms with E-state index in [0.29, 0.717) is 11.3 Å². The van der Waals surface area contributed by atoms with Crippen LogP contribution in [0.2, 0.25) is 0 Å². The number of benzene rings is 3. The number of aromatic nitrogens is 2. The van der Waals surface area contributed by atoms with E-state index in [1.807, 2.05) is 54.7 Å². The van der Waals surface area contributed by atoms with Gasteiger partial charge in [0.2, 0.25) is 0 Å². The van der Waals surface area contributed by atoms with Crippen molar-refractivity contribution in [3.05, 3.63) is 133 Å². The van der Waals surface area contributed by atoms with Gasteiger partial charge >= 0.3 is 0 Å². The minimum absolute atomic E-state index is 0. The van der Waals surface area contributed by atoms with E-state index in [2.05, 4.69) is 40.3 Å². The molecule has 0 bridgehead atoms. The number of hydrogen-bond acceptors (Lipinski definition) is 2. The van der Waals surface area contributed by atoms with Crippen LogP contribution in [0.25, 0.3) is 33.6 Å². The summed E-state index contributed by atoms with van der Waals surface area (Å²) in [5.74, 6) is -0.368. The van der Waals surface area contributed by atoms with Gasteiger partial charge in [0, 0.05) is 42.4 Å². The van der Waals surface area contributed by atoms with Crippen LogP contribution in [0.15, 0.2) is 109 Å². The Balaban J connectivity index is 0.000000196. The van der Waals surface area contributed by atoms with Gasteiger partial charge in [-0.25, -0.2) is 0 Å². The first kappa shape index (κ1) is 20.2. The summed E-state index contributed by atoms with van der Waals surface area (Å²) in [4.78, 5) is 8.44. The van der Waals surface area contributed by atoms with Gasteiger partial charge in [0.1, 0.15) is 0 Å². The zero-order chi connectivity index (χ0) is 24.7. The molecular formula is C29H21FIrN2-2. The fraction of sp³-hybridized carbons (Fsp3) is 0.0345. The number of nitrogens with zero attached hydrogens (tertiary/aromatic N) is 2. The predicted octanol–water partition coefficient (Wildman–Crippen LogP) is 7.21. The fourth-order valence-electron chi connectivity index (χ4n) is 3.06. The number of hydrogen-bond donors (Lipinski definition) is 0. The molecule has 0 N–H and O–H groups in total. The second-order valence-corrected chi connectivity index (χ2v) is 6.92. The molecule has 2 nitrogen and oxygen atoms in total. The first-order chi connectivity index (χ1) is 16.9. The van der Waals surface area contributed by atoms with Gasteiger partial charge in [-0.15, -0.1) is 65.7 Å². The van der Waals surface area contributed by atoms with E-state index >= 15 is 0 Å². The molecule has 0 amide bonds. The molecule has 2 aromatic heterocycles. The van der Waals surface area contributed by atoms with Crippen LogP contribution >= 0.6 is 0 Å². The molecule has 1 radical (unpaired) electrons. The van der Waals surface area contributed by atoms with Gasteiger partial charge in [0.05, 0.1) is 0 Å². The number of aryl methyl sites for hydroxylation is 1. The van der Waals surface area contributed by atoms with Crippen LogP contribution in [0.4, 0.5) is 4.39 Å². The Morgan fingerprint density at radius 2 is 1.58 bits per heavy atom. The van der Waals surface area contributed by atoms with Crippen LogP contribution in [0, 0.1) is 24.8 Å². The molecule has 0 aliphatic carbocycles. The first-order valence-corrected chi connectivity index (χ1v) is 10.0. The molecule has 0 aliphatic rings. The number of halogens is 1. The molecule has 0 atom stereocenters. The zero-order valence-corrected chi connectivity index (χ0v) is 19.9. The molecule has 2 heterocycles. The van der Waals surface area contributed by atoms with Gasteiger partial charge in [0.15, 0.2) is 0 Å². The monoisotopic (exact) mass is 612 g/mol. The molecule has 0 saturated heterocycles. The van der Waals surface area contributed by atoms with Gasteiger partial charge in [-0.2, -0.15) is 0 Å². The molecule has 0 saturated carbocycles. The molecule has 4 heteroatoms. The Kier molecular flexibility index (Phi) is 7.31. The molecular weight excluding hydrogens is 588 g/mol. The van der Waals surface area contributed by atoms with Crippen LogP contribution in [-0.2, 0) is 20.1 Å². The first-order valence-electron chi connectivity index (χ1n) is 11.5. The van der Waals surface area contributed by atoms with Crippen LogP contribution in [0.1, 0.15) is 9.68 Å². The van der Waals surface area contributed by atoms with E-state index in [-0.39, 0.29) is 31.5 Å². The fourth-order valence-corrected chi connectivity index (χ4v) is 3.06. The summed E-state index contributed by atoms with van der Waals surface area (Å²) < 4.78 is 34.3. The summed E-state index contributed by atoms with van der Waals surface area (Å²) in [5.41, 5.74) is 5.74. The molecule has 0 spiro atoms. The van der Waals surface area contributed by atoms with Crippen LogP contribution in [-0.4, -0.2) is 9.97 Å². The van der Waals surface area contributed by atoms with Crippen molar-refractivity contribution in [1.82, 2.24) is 9.97 Å². The average molecular weight is 612 g/mol. The van der Waals surface area contributed by atoms with E-state index < -0.39 is 6.85 Å². The van der Waals surface area contributed by atoms with Crippen LogP contribution < -0.4 is 0 Å². The third-order valence-corrected chi connectivity index (χ3v) is 4.67. The molecule has 165 valence electrons. The maximum absolute atomic E-state index is 12.7. The van der Waals surface area contributed by atoms with Crippen molar-refractivity contribution in [1.29, 1.82) is 0 Å². The number of pyridine rings is 2. The van der Waals surface area contributed by atoms with Crippen LogP contribution in [0.3, 0.4) is 0 Å². The normalized spacial score (nSPS) is 11.6. The SMILES string of the molecule is [2H]C([2H])([2H])c1ccc(-c2[c-]cc(F)cc2)nc1.[Ir].[c-]1ccccc1-c1cc(-c2ccccc2)ccn1. The van der Waals surface area contributed by atoms with Crippen molar-refractivity contribution in [2.24, 2.45) is 0 Å². The standard InChI is InChI=1S/C17H12N.C12H9FN.Ir/c1-3-7-14(8-4-1)16-11-12-18-17(13-16)15-9-5-2-6-10-15;1-9-2-7-12(14-8-9)10-3-5-11(13)6-4-10;/h1-9,11-13H;2-3,5-8H,1H3;/q2*-1;/i;1D3;. The predicted molar refractivity (Wildman–Crippen MR) is 127 cm³/mol. The van der Waals surface area contributed by atoms with Crippen molar-refractivity contribution in [2.75, 3.05) is 0 Å². The van der Waals surface area contributed by atoms with Crippen molar-refractivity contribution in [2.45, 2.75) is 6.85 Å². The van der Waals surface area contributed by atoms with Gasteiger partial charge in [-0.3, -0.25) is 4.39 Å². The smallest absolute Gasteiger partial charge is 0.0379 e. The maximum atomic E-state index is 12.7. The second kappa shape index (κ2) is 12.0. The van der Waals surface area contributed by atoms with E-state index in [1.165, 1.54) is 35.5 Å². The topological polar surface area (TPSA) is 25.8 Å². The van der Waals surface area contributed by atoms with Gasteiger partial charge in [0.25, 0.3) is 0 Å². The largest absolute Gasteiger partial charge is 0.305 e. The molecule has 5 rings (SSSR count). The summed E-state index contributed by atoms with van der Waals surface area (Å²) in [7, 11) is 0. The molecule has 0 aliphatic heterocycles. The summed E-state index contributed by atoms with van der Waals surface area (Å²) in [6.07, 6.45) is 3.15. The average Bonchev–Trinajstić information content (AvgIpc) is 2.90. The van der Waals surface area contributed by atoms with E-state index in [1.54, 1.807) is 12.1 Å². The molecule has 33 heavy (non-hydrogen) atoms. The third kappa shape index (κ3) is 6.76. The van der Waals surface area contributed by atoms with E-state index in [9.17, 15) is 4.39 Å². The van der Waals surface area contributed by atoms with Gasteiger partial charge in [-0.1, -0.05) is 48.5 Å². The molecule has 3 aromatic carbocycles.